The van der Waals surface area contributed by atoms with Crippen LogP contribution in [0, 0.1) is 0 Å². The first kappa shape index (κ1) is 17.1. The van der Waals surface area contributed by atoms with Gasteiger partial charge in [0.1, 0.15) is 17.0 Å². The van der Waals surface area contributed by atoms with Crippen LogP contribution in [0.2, 0.25) is 0 Å². The highest BCUT2D eigenvalue weighted by Gasteiger charge is 2.31. The summed E-state index contributed by atoms with van der Waals surface area (Å²) in [5.74, 6) is 1.11. The number of hydrogen-bond donors (Lipinski definition) is 0. The van der Waals surface area contributed by atoms with Gasteiger partial charge in [-0.2, -0.15) is 0 Å². The van der Waals surface area contributed by atoms with Crippen LogP contribution in [0.3, 0.4) is 0 Å². The van der Waals surface area contributed by atoms with Crippen molar-refractivity contribution in [1.82, 2.24) is 19.8 Å². The third-order valence-corrected chi connectivity index (χ3v) is 6.84. The number of fused-ring (bicyclic) bond motifs is 1. The molecule has 1 unspecified atom stereocenters. The number of aromatic nitrogens is 2. The van der Waals surface area contributed by atoms with E-state index >= 15 is 0 Å². The summed E-state index contributed by atoms with van der Waals surface area (Å²) in [6.45, 7) is 6.87. The Hall–Kier alpha value is -2.02. The zero-order valence-corrected chi connectivity index (χ0v) is 16.5. The van der Waals surface area contributed by atoms with Crippen molar-refractivity contribution in [2.24, 2.45) is 0 Å². The van der Waals surface area contributed by atoms with E-state index < -0.39 is 0 Å². The molecule has 4 heterocycles. The van der Waals surface area contributed by atoms with E-state index in [0.29, 0.717) is 6.04 Å². The zero-order valence-electron chi connectivity index (χ0n) is 15.7. The predicted octanol–water partition coefficient (Wildman–Crippen LogP) is 3.18. The summed E-state index contributed by atoms with van der Waals surface area (Å²) in [5.41, 5.74) is 2.50. The minimum Gasteiger partial charge on any atom is -0.354 e. The number of thiophene rings is 1. The molecule has 2 fully saturated rings. The molecule has 2 aromatic heterocycles. The highest BCUT2D eigenvalue weighted by Crippen LogP contribution is 2.38. The molecule has 2 saturated heterocycles. The van der Waals surface area contributed by atoms with E-state index in [9.17, 15) is 0 Å². The fourth-order valence-electron chi connectivity index (χ4n) is 4.35. The number of anilines is 1. The Morgan fingerprint density at radius 2 is 1.81 bits per heavy atom. The van der Waals surface area contributed by atoms with Crippen molar-refractivity contribution >= 4 is 27.4 Å². The average Bonchev–Trinajstić information content (AvgIpc) is 3.37. The number of benzene rings is 1. The van der Waals surface area contributed by atoms with Gasteiger partial charge in [-0.3, -0.25) is 4.90 Å². The summed E-state index contributed by atoms with van der Waals surface area (Å²) in [7, 11) is 2.22. The number of rotatable bonds is 3. The molecule has 0 N–H and O–H groups in total. The van der Waals surface area contributed by atoms with Crippen molar-refractivity contribution in [2.75, 3.05) is 51.2 Å². The van der Waals surface area contributed by atoms with Gasteiger partial charge in [0.2, 0.25) is 0 Å². The fourth-order valence-corrected chi connectivity index (χ4v) is 5.26. The lowest BCUT2D eigenvalue weighted by Gasteiger charge is -2.36. The van der Waals surface area contributed by atoms with Crippen LogP contribution in [0.5, 0.6) is 0 Å². The van der Waals surface area contributed by atoms with Crippen molar-refractivity contribution in [3.05, 3.63) is 42.0 Å². The van der Waals surface area contributed by atoms with Crippen molar-refractivity contribution in [3.63, 3.8) is 0 Å². The van der Waals surface area contributed by atoms with Crippen LogP contribution in [0.25, 0.3) is 21.3 Å². The van der Waals surface area contributed by atoms with Crippen LogP contribution in [0.4, 0.5) is 5.82 Å². The first-order chi connectivity index (χ1) is 13.3. The first-order valence-electron chi connectivity index (χ1n) is 9.75. The van der Waals surface area contributed by atoms with E-state index in [4.69, 9.17) is 4.98 Å². The summed E-state index contributed by atoms with van der Waals surface area (Å²) < 4.78 is 0. The maximum absolute atomic E-state index is 4.73. The Morgan fingerprint density at radius 3 is 2.63 bits per heavy atom. The normalized spacial score (nSPS) is 22.0. The van der Waals surface area contributed by atoms with E-state index in [1.807, 2.05) is 0 Å². The summed E-state index contributed by atoms with van der Waals surface area (Å²) in [6.07, 6.45) is 2.95. The lowest BCUT2D eigenvalue weighted by atomic mass is 10.1. The van der Waals surface area contributed by atoms with Crippen LogP contribution in [0.1, 0.15) is 6.42 Å². The van der Waals surface area contributed by atoms with Gasteiger partial charge in [0.05, 0.1) is 5.39 Å². The van der Waals surface area contributed by atoms with Crippen LogP contribution in [-0.4, -0.2) is 72.1 Å². The van der Waals surface area contributed by atoms with Gasteiger partial charge in [-0.15, -0.1) is 11.3 Å². The molecule has 0 aliphatic carbocycles. The minimum atomic E-state index is 0.641. The van der Waals surface area contributed by atoms with Crippen molar-refractivity contribution in [2.45, 2.75) is 12.5 Å². The lowest BCUT2D eigenvalue weighted by molar-refractivity contribution is 0.120. The van der Waals surface area contributed by atoms with Crippen molar-refractivity contribution < 1.29 is 0 Å². The number of likely N-dealkylation sites (N-methyl/N-ethyl adjacent to an activating group) is 1. The van der Waals surface area contributed by atoms with Crippen LogP contribution < -0.4 is 4.90 Å². The van der Waals surface area contributed by atoms with Gasteiger partial charge < -0.3 is 9.80 Å². The summed E-state index contributed by atoms with van der Waals surface area (Å²) in [6, 6.07) is 11.3. The molecule has 27 heavy (non-hydrogen) atoms. The molecule has 2 aliphatic heterocycles. The Morgan fingerprint density at radius 1 is 1.00 bits per heavy atom. The maximum atomic E-state index is 4.73. The minimum absolute atomic E-state index is 0.641. The molecule has 6 heteroatoms. The van der Waals surface area contributed by atoms with Crippen LogP contribution in [-0.2, 0) is 0 Å². The van der Waals surface area contributed by atoms with Gasteiger partial charge in [-0.25, -0.2) is 9.97 Å². The van der Waals surface area contributed by atoms with Gasteiger partial charge in [0, 0.05) is 56.3 Å². The summed E-state index contributed by atoms with van der Waals surface area (Å²) in [5, 5.41) is 3.44. The standard InChI is InChI=1S/C21H25N5S/c1-24-9-11-25(12-10-24)17-7-8-26(13-17)20-19-18(16-5-3-2-4-6-16)14-27-21(19)23-15-22-20/h2-6,14-15,17H,7-13H2,1H3. The number of piperazine rings is 1. The van der Waals surface area contributed by atoms with Crippen LogP contribution >= 0.6 is 11.3 Å². The highest BCUT2D eigenvalue weighted by molar-refractivity contribution is 7.17. The number of nitrogens with zero attached hydrogens (tertiary/aromatic N) is 5. The maximum Gasteiger partial charge on any atom is 0.141 e. The molecule has 0 spiro atoms. The Labute approximate surface area is 164 Å². The van der Waals surface area contributed by atoms with Gasteiger partial charge >= 0.3 is 0 Å². The highest BCUT2D eigenvalue weighted by atomic mass is 32.1. The molecular weight excluding hydrogens is 354 g/mol. The lowest BCUT2D eigenvalue weighted by Crippen LogP contribution is -2.49. The molecule has 1 aromatic carbocycles. The van der Waals surface area contributed by atoms with E-state index in [0.717, 1.165) is 23.7 Å². The SMILES string of the molecule is CN1CCN(C2CCN(c3ncnc4scc(-c5ccccc5)c34)C2)CC1. The largest absolute Gasteiger partial charge is 0.354 e. The smallest absolute Gasteiger partial charge is 0.141 e. The second kappa shape index (κ2) is 7.19. The fraction of sp³-hybridized carbons (Fsp3) is 0.429. The first-order valence-corrected chi connectivity index (χ1v) is 10.6. The third-order valence-electron chi connectivity index (χ3n) is 5.95. The van der Waals surface area contributed by atoms with E-state index in [1.165, 1.54) is 49.1 Å². The molecule has 0 radical (unpaired) electrons. The van der Waals surface area contributed by atoms with E-state index in [1.54, 1.807) is 17.7 Å². The molecule has 1 atom stereocenters. The predicted molar refractivity (Wildman–Crippen MR) is 113 cm³/mol. The Kier molecular flexibility index (Phi) is 4.55. The van der Waals surface area contributed by atoms with Gasteiger partial charge in [-0.05, 0) is 19.0 Å². The van der Waals surface area contributed by atoms with Gasteiger partial charge in [-0.1, -0.05) is 30.3 Å². The molecule has 3 aromatic rings. The second-order valence-corrected chi connectivity index (χ2v) is 8.48. The van der Waals surface area contributed by atoms with E-state index in [2.05, 4.69) is 62.4 Å². The average molecular weight is 380 g/mol. The Bertz CT molecular complexity index is 917. The monoisotopic (exact) mass is 379 g/mol. The van der Waals surface area contributed by atoms with Gasteiger partial charge in [0.25, 0.3) is 0 Å². The zero-order chi connectivity index (χ0) is 18.2. The van der Waals surface area contributed by atoms with Crippen LogP contribution in [0.15, 0.2) is 42.0 Å². The molecule has 0 bridgehead atoms. The third kappa shape index (κ3) is 3.22. The Balaban J connectivity index is 1.45. The number of hydrogen-bond acceptors (Lipinski definition) is 6. The molecule has 5 nitrogen and oxygen atoms in total. The quantitative estimate of drug-likeness (QED) is 0.698. The van der Waals surface area contributed by atoms with Crippen molar-refractivity contribution in [3.8, 4) is 11.1 Å². The topological polar surface area (TPSA) is 35.5 Å². The van der Waals surface area contributed by atoms with Crippen molar-refractivity contribution in [1.29, 1.82) is 0 Å². The van der Waals surface area contributed by atoms with E-state index in [-0.39, 0.29) is 0 Å². The molecule has 0 amide bonds. The van der Waals surface area contributed by atoms with Gasteiger partial charge in [0.15, 0.2) is 0 Å². The molecule has 140 valence electrons. The second-order valence-electron chi connectivity index (χ2n) is 7.62. The summed E-state index contributed by atoms with van der Waals surface area (Å²) >= 11 is 1.72. The summed E-state index contributed by atoms with van der Waals surface area (Å²) in [4.78, 5) is 17.9. The molecular formula is C21H25N5S. The molecule has 5 rings (SSSR count). The molecule has 0 saturated carbocycles. The molecule has 2 aliphatic rings.